The lowest BCUT2D eigenvalue weighted by molar-refractivity contribution is -0.110. The standard InChI is InChI=1S/2C5H10O.C4H10.3C4H8/c1-3-5(2)4-6;1-2-3-4-5-6;1-4(2)3;3*1-3-4-2/h4-5H,3H2,1-2H3;5H,2-4H2,1H3;4H,1-3H3;2*3-4H,1-2H3;3H,1,4H2,2H3/b;;;4-3+;4-3-;. The molecule has 170 valence electrons. The number of hydrogen-bond acceptors (Lipinski definition) is 2. The number of unbranched alkanes of at least 4 members (excludes halogenated alkanes) is 2. The number of rotatable bonds is 6. The van der Waals surface area contributed by atoms with E-state index in [0.717, 1.165) is 50.6 Å². The van der Waals surface area contributed by atoms with Gasteiger partial charge in [-0.1, -0.05) is 85.3 Å². The van der Waals surface area contributed by atoms with Crippen LogP contribution in [0.3, 0.4) is 0 Å². The molecule has 0 aromatic carbocycles. The average Bonchev–Trinajstić information content (AvgIpc) is 2.72. The predicted octanol–water partition coefficient (Wildman–Crippen LogP) is 9.02. The highest BCUT2D eigenvalue weighted by Gasteiger charge is 1.89. The van der Waals surface area contributed by atoms with Gasteiger partial charge >= 0.3 is 0 Å². The average molecular weight is 399 g/mol. The normalized spacial score (nSPS) is 9.57. The molecule has 0 spiro atoms. The third-order valence-electron chi connectivity index (χ3n) is 2.51. The van der Waals surface area contributed by atoms with Gasteiger partial charge in [0.1, 0.15) is 12.6 Å². The fourth-order valence-electron chi connectivity index (χ4n) is 0.384. The van der Waals surface area contributed by atoms with E-state index in [1.165, 1.54) is 0 Å². The first-order chi connectivity index (χ1) is 13.2. The van der Waals surface area contributed by atoms with Crippen molar-refractivity contribution in [2.75, 3.05) is 0 Å². The fourth-order valence-corrected chi connectivity index (χ4v) is 0.384. The van der Waals surface area contributed by atoms with Gasteiger partial charge in [0.25, 0.3) is 0 Å². The SMILES string of the molecule is C/C=C/C.C/C=C\C.C=CCC.CC(C)C.CCC(C)C=O.CCCCC=O. The summed E-state index contributed by atoms with van der Waals surface area (Å²) in [7, 11) is 0. The number of allylic oxidation sites excluding steroid dienone is 5. The van der Waals surface area contributed by atoms with Gasteiger partial charge < -0.3 is 9.59 Å². The molecule has 2 heteroatoms. The molecule has 1 atom stereocenters. The molecule has 0 aromatic rings. The third kappa shape index (κ3) is 186. The zero-order valence-electron chi connectivity index (χ0n) is 21.3. The quantitative estimate of drug-likeness (QED) is 0.254. The second-order valence-corrected chi connectivity index (χ2v) is 6.59. The molecule has 1 unspecified atom stereocenters. The van der Waals surface area contributed by atoms with Gasteiger partial charge in [0, 0.05) is 12.3 Å². The Morgan fingerprint density at radius 2 is 1.11 bits per heavy atom. The molecule has 0 aromatic heterocycles. The molecule has 2 nitrogen and oxygen atoms in total. The van der Waals surface area contributed by atoms with E-state index in [2.05, 4.69) is 41.2 Å². The van der Waals surface area contributed by atoms with E-state index in [4.69, 9.17) is 0 Å². The van der Waals surface area contributed by atoms with Gasteiger partial charge in [-0.05, 0) is 52.9 Å². The molecule has 0 saturated heterocycles. The van der Waals surface area contributed by atoms with Crippen LogP contribution in [0.25, 0.3) is 0 Å². The maximum atomic E-state index is 9.74. The second kappa shape index (κ2) is 56.2. The van der Waals surface area contributed by atoms with Crippen LogP contribution < -0.4 is 0 Å². The van der Waals surface area contributed by atoms with Gasteiger partial charge in [0.05, 0.1) is 0 Å². The van der Waals surface area contributed by atoms with E-state index in [0.29, 0.717) is 0 Å². The first-order valence-corrected chi connectivity index (χ1v) is 10.8. The van der Waals surface area contributed by atoms with Crippen LogP contribution in [0.5, 0.6) is 0 Å². The zero-order valence-corrected chi connectivity index (χ0v) is 21.3. The van der Waals surface area contributed by atoms with Crippen molar-refractivity contribution < 1.29 is 9.59 Å². The fraction of sp³-hybridized carbons (Fsp3) is 0.692. The van der Waals surface area contributed by atoms with E-state index < -0.39 is 0 Å². The Hall–Kier alpha value is -1.44. The number of aldehydes is 2. The minimum atomic E-state index is 0.255. The van der Waals surface area contributed by atoms with Crippen molar-refractivity contribution in [3.63, 3.8) is 0 Å². The number of carbonyl (C=O) groups excluding carboxylic acids is 2. The Labute approximate surface area is 179 Å². The Bertz CT molecular complexity index is 268. The molecule has 0 saturated carbocycles. The first kappa shape index (κ1) is 41.0. The summed E-state index contributed by atoms with van der Waals surface area (Å²) in [5.41, 5.74) is 0. The van der Waals surface area contributed by atoms with Gasteiger partial charge in [-0.2, -0.15) is 0 Å². The molecular weight excluding hydrogens is 344 g/mol. The Balaban J connectivity index is -0.0000000525. The minimum Gasteiger partial charge on any atom is -0.303 e. The van der Waals surface area contributed by atoms with E-state index in [9.17, 15) is 9.59 Å². The first-order valence-electron chi connectivity index (χ1n) is 10.8. The summed E-state index contributed by atoms with van der Waals surface area (Å²) in [4.78, 5) is 19.3. The molecule has 0 rings (SSSR count). The van der Waals surface area contributed by atoms with E-state index >= 15 is 0 Å². The monoisotopic (exact) mass is 398 g/mol. The number of carbonyl (C=O) groups is 2. The summed E-state index contributed by atoms with van der Waals surface area (Å²) < 4.78 is 0. The Morgan fingerprint density at radius 3 is 1.14 bits per heavy atom. The summed E-state index contributed by atoms with van der Waals surface area (Å²) in [5.74, 6) is 1.09. The summed E-state index contributed by atoms with van der Waals surface area (Å²) in [5, 5.41) is 0. The summed E-state index contributed by atoms with van der Waals surface area (Å²) in [6, 6.07) is 0. The van der Waals surface area contributed by atoms with Crippen molar-refractivity contribution in [1.29, 1.82) is 0 Å². The Kier molecular flexibility index (Phi) is 82.4. The third-order valence-corrected chi connectivity index (χ3v) is 2.51. The topological polar surface area (TPSA) is 34.1 Å². The molecule has 28 heavy (non-hydrogen) atoms. The second-order valence-electron chi connectivity index (χ2n) is 6.59. The lowest BCUT2D eigenvalue weighted by Crippen LogP contribution is -1.89. The van der Waals surface area contributed by atoms with Crippen LogP contribution in [0.15, 0.2) is 37.0 Å². The minimum absolute atomic E-state index is 0.255. The molecule has 0 N–H and O–H groups in total. The van der Waals surface area contributed by atoms with E-state index in [1.807, 2.05) is 71.9 Å². The molecule has 0 fully saturated rings. The predicted molar refractivity (Wildman–Crippen MR) is 133 cm³/mol. The van der Waals surface area contributed by atoms with Crippen LogP contribution in [-0.4, -0.2) is 12.6 Å². The van der Waals surface area contributed by atoms with Crippen molar-refractivity contribution in [1.82, 2.24) is 0 Å². The van der Waals surface area contributed by atoms with Crippen LogP contribution in [0, 0.1) is 11.8 Å². The highest BCUT2D eigenvalue weighted by atomic mass is 16.1. The van der Waals surface area contributed by atoms with Gasteiger partial charge in [-0.15, -0.1) is 6.58 Å². The molecule has 0 aliphatic heterocycles. The van der Waals surface area contributed by atoms with Crippen molar-refractivity contribution in [2.24, 2.45) is 11.8 Å². The maximum absolute atomic E-state index is 9.74. The lowest BCUT2D eigenvalue weighted by Gasteiger charge is -1.89. The van der Waals surface area contributed by atoms with Gasteiger partial charge in [-0.3, -0.25) is 0 Å². The van der Waals surface area contributed by atoms with E-state index in [1.54, 1.807) is 0 Å². The van der Waals surface area contributed by atoms with Crippen molar-refractivity contribution in [3.05, 3.63) is 37.0 Å². The van der Waals surface area contributed by atoms with Gasteiger partial charge in [-0.25, -0.2) is 0 Å². The van der Waals surface area contributed by atoms with Crippen molar-refractivity contribution in [2.45, 2.75) is 108 Å². The Morgan fingerprint density at radius 1 is 0.786 bits per heavy atom. The molecule has 0 heterocycles. The summed E-state index contributed by atoms with van der Waals surface area (Å²) >= 11 is 0. The van der Waals surface area contributed by atoms with Crippen LogP contribution in [0.4, 0.5) is 0 Å². The summed E-state index contributed by atoms with van der Waals surface area (Å²) in [6.45, 7) is 26.0. The summed E-state index contributed by atoms with van der Waals surface area (Å²) in [6.07, 6.45) is 16.8. The maximum Gasteiger partial charge on any atom is 0.122 e. The largest absolute Gasteiger partial charge is 0.303 e. The zero-order chi connectivity index (χ0) is 23.6. The molecule has 0 radical (unpaired) electrons. The molecule has 0 aliphatic rings. The van der Waals surface area contributed by atoms with Crippen LogP contribution in [-0.2, 0) is 9.59 Å². The highest BCUT2D eigenvalue weighted by molar-refractivity contribution is 5.52. The van der Waals surface area contributed by atoms with Crippen molar-refractivity contribution in [3.8, 4) is 0 Å². The molecule has 0 amide bonds. The van der Waals surface area contributed by atoms with Crippen LogP contribution in [0.1, 0.15) is 108 Å². The molecule has 0 bridgehead atoms. The van der Waals surface area contributed by atoms with E-state index in [-0.39, 0.29) is 5.92 Å². The van der Waals surface area contributed by atoms with Crippen LogP contribution >= 0.6 is 0 Å². The van der Waals surface area contributed by atoms with Gasteiger partial charge in [0.2, 0.25) is 0 Å². The molecule has 0 aliphatic carbocycles. The molecular formula is C26H54O2. The number of hydrogen-bond donors (Lipinski definition) is 0. The smallest absolute Gasteiger partial charge is 0.122 e. The van der Waals surface area contributed by atoms with Crippen molar-refractivity contribution >= 4 is 12.6 Å². The lowest BCUT2D eigenvalue weighted by atomic mass is 10.2. The van der Waals surface area contributed by atoms with Gasteiger partial charge in [0.15, 0.2) is 0 Å². The highest BCUT2D eigenvalue weighted by Crippen LogP contribution is 1.91. The van der Waals surface area contributed by atoms with Crippen LogP contribution in [0.2, 0.25) is 0 Å².